The Morgan fingerprint density at radius 3 is 2.75 bits per heavy atom. The fraction of sp³-hybridized carbons (Fsp3) is 0.556. The van der Waals surface area contributed by atoms with Crippen molar-refractivity contribution < 1.29 is 14.8 Å². The van der Waals surface area contributed by atoms with E-state index in [-0.39, 0.29) is 11.7 Å². The van der Waals surface area contributed by atoms with Crippen LogP contribution in [0.5, 0.6) is 0 Å². The summed E-state index contributed by atoms with van der Waals surface area (Å²) < 4.78 is 0. The van der Waals surface area contributed by atoms with Crippen molar-refractivity contribution in [2.24, 2.45) is 11.3 Å². The van der Waals surface area contributed by atoms with E-state index in [9.17, 15) is 14.9 Å². The van der Waals surface area contributed by atoms with Gasteiger partial charge in [-0.2, -0.15) is 0 Å². The third-order valence-corrected chi connectivity index (χ3v) is 3.26. The van der Waals surface area contributed by atoms with Crippen LogP contribution in [-0.4, -0.2) is 26.2 Å². The molecule has 0 radical (unpaired) electrons. The first-order chi connectivity index (χ1) is 7.37. The molecule has 1 aliphatic carbocycles. The molecule has 1 saturated carbocycles. The first-order valence-electron chi connectivity index (χ1n) is 4.78. The van der Waals surface area contributed by atoms with Crippen LogP contribution in [0.4, 0.5) is 5.82 Å². The molecule has 2 N–H and O–H groups in total. The van der Waals surface area contributed by atoms with E-state index >= 15 is 0 Å². The van der Waals surface area contributed by atoms with Crippen molar-refractivity contribution in [1.82, 2.24) is 10.2 Å². The van der Waals surface area contributed by atoms with Gasteiger partial charge >= 0.3 is 11.8 Å². The molecule has 7 nitrogen and oxygen atoms in total. The van der Waals surface area contributed by atoms with Crippen molar-refractivity contribution in [3.8, 4) is 0 Å². The fourth-order valence-corrected chi connectivity index (χ4v) is 2.34. The zero-order chi connectivity index (χ0) is 12.1. The molecule has 7 heteroatoms. The number of aliphatic carboxylic acids is 1. The number of hydrogen-bond acceptors (Lipinski definition) is 4. The number of nitrogens with zero attached hydrogens (tertiary/aromatic N) is 2. The number of carboxylic acids is 1. The maximum absolute atomic E-state index is 11.0. The van der Waals surface area contributed by atoms with Crippen LogP contribution in [0.15, 0.2) is 6.20 Å². The maximum atomic E-state index is 11.0. The summed E-state index contributed by atoms with van der Waals surface area (Å²) in [5.41, 5.74) is -0.0806. The van der Waals surface area contributed by atoms with E-state index in [0.717, 1.165) is 0 Å². The summed E-state index contributed by atoms with van der Waals surface area (Å²) in [6.45, 7) is 3.57. The molecule has 1 fully saturated rings. The lowest BCUT2D eigenvalue weighted by atomic mass is 10.1. The summed E-state index contributed by atoms with van der Waals surface area (Å²) in [5.74, 6) is -2.06. The Hall–Kier alpha value is -1.92. The Morgan fingerprint density at radius 1 is 1.69 bits per heavy atom. The van der Waals surface area contributed by atoms with E-state index < -0.39 is 22.2 Å². The lowest BCUT2D eigenvalue weighted by molar-refractivity contribution is -0.390. The number of nitro groups is 1. The molecule has 0 aliphatic heterocycles. The third kappa shape index (κ3) is 1.28. The van der Waals surface area contributed by atoms with Crippen molar-refractivity contribution in [2.75, 3.05) is 0 Å². The third-order valence-electron chi connectivity index (χ3n) is 3.26. The predicted molar refractivity (Wildman–Crippen MR) is 52.9 cm³/mol. The van der Waals surface area contributed by atoms with Gasteiger partial charge in [0, 0.05) is 5.92 Å². The molecular weight excluding hydrogens is 214 g/mol. The SMILES string of the molecule is CC1(C)[C@H](C(=O)O)[C@H]1c1cn[nH]c1[N+](=O)[O-]. The molecule has 86 valence electrons. The molecule has 1 aromatic heterocycles. The topological polar surface area (TPSA) is 109 Å². The van der Waals surface area contributed by atoms with Gasteiger partial charge in [0.2, 0.25) is 0 Å². The number of nitrogens with one attached hydrogen (secondary N) is 1. The van der Waals surface area contributed by atoms with E-state index in [1.807, 2.05) is 0 Å². The summed E-state index contributed by atoms with van der Waals surface area (Å²) >= 11 is 0. The molecule has 0 spiro atoms. The monoisotopic (exact) mass is 225 g/mol. The van der Waals surface area contributed by atoms with Gasteiger partial charge in [-0.1, -0.05) is 18.9 Å². The summed E-state index contributed by atoms with van der Waals surface area (Å²) in [6, 6.07) is 0. The second kappa shape index (κ2) is 3.03. The molecule has 1 aromatic rings. The number of aromatic amines is 1. The van der Waals surface area contributed by atoms with Gasteiger partial charge in [-0.05, 0) is 10.3 Å². The second-order valence-corrected chi connectivity index (χ2v) is 4.55. The Balaban J connectivity index is 2.37. The molecule has 1 aliphatic rings. The minimum atomic E-state index is -0.925. The number of aromatic nitrogens is 2. The van der Waals surface area contributed by atoms with Crippen LogP contribution < -0.4 is 0 Å². The van der Waals surface area contributed by atoms with Gasteiger partial charge in [0.15, 0.2) is 0 Å². The average Bonchev–Trinajstić information content (AvgIpc) is 2.59. The quantitative estimate of drug-likeness (QED) is 0.592. The Bertz CT molecular complexity index is 465. The first kappa shape index (κ1) is 10.6. The van der Waals surface area contributed by atoms with Gasteiger partial charge in [-0.25, -0.2) is 0 Å². The Labute approximate surface area is 90.6 Å². The lowest BCUT2D eigenvalue weighted by Crippen LogP contribution is -2.03. The second-order valence-electron chi connectivity index (χ2n) is 4.55. The van der Waals surface area contributed by atoms with E-state index in [4.69, 9.17) is 5.11 Å². The van der Waals surface area contributed by atoms with E-state index in [1.54, 1.807) is 13.8 Å². The van der Waals surface area contributed by atoms with Crippen molar-refractivity contribution in [1.29, 1.82) is 0 Å². The van der Waals surface area contributed by atoms with Gasteiger partial charge in [-0.3, -0.25) is 4.79 Å². The van der Waals surface area contributed by atoms with E-state index in [0.29, 0.717) is 5.56 Å². The van der Waals surface area contributed by atoms with E-state index in [2.05, 4.69) is 10.2 Å². The van der Waals surface area contributed by atoms with Gasteiger partial charge in [0.1, 0.15) is 0 Å². The zero-order valence-electron chi connectivity index (χ0n) is 8.80. The molecule has 16 heavy (non-hydrogen) atoms. The molecule has 0 aromatic carbocycles. The average molecular weight is 225 g/mol. The van der Waals surface area contributed by atoms with Gasteiger partial charge in [0.25, 0.3) is 0 Å². The van der Waals surface area contributed by atoms with Crippen LogP contribution in [0.25, 0.3) is 0 Å². The highest BCUT2D eigenvalue weighted by Gasteiger charge is 2.64. The number of carbonyl (C=O) groups is 1. The summed E-state index contributed by atoms with van der Waals surface area (Å²) in [6.07, 6.45) is 1.34. The molecule has 2 rings (SSSR count). The molecule has 0 bridgehead atoms. The smallest absolute Gasteiger partial charge is 0.346 e. The number of rotatable bonds is 3. The van der Waals surface area contributed by atoms with E-state index in [1.165, 1.54) is 6.20 Å². The predicted octanol–water partition coefficient (Wildman–Crippen LogP) is 1.14. The first-order valence-corrected chi connectivity index (χ1v) is 4.78. The van der Waals surface area contributed by atoms with Crippen molar-refractivity contribution >= 4 is 11.8 Å². The van der Waals surface area contributed by atoms with Crippen molar-refractivity contribution in [2.45, 2.75) is 19.8 Å². The molecule has 0 saturated heterocycles. The number of carboxylic acid groups (broad SMARTS) is 1. The van der Waals surface area contributed by atoms with Gasteiger partial charge in [-0.15, -0.1) is 5.10 Å². The largest absolute Gasteiger partial charge is 0.481 e. The zero-order valence-corrected chi connectivity index (χ0v) is 8.80. The van der Waals surface area contributed by atoms with Crippen LogP contribution in [0, 0.1) is 21.4 Å². The Kier molecular flexibility index (Phi) is 2.01. The highest BCUT2D eigenvalue weighted by molar-refractivity contribution is 5.78. The number of hydrogen-bond donors (Lipinski definition) is 2. The van der Waals surface area contributed by atoms with Gasteiger partial charge in [0.05, 0.1) is 17.7 Å². The van der Waals surface area contributed by atoms with Crippen LogP contribution in [0.2, 0.25) is 0 Å². The fourth-order valence-electron chi connectivity index (χ4n) is 2.34. The van der Waals surface area contributed by atoms with Crippen molar-refractivity contribution in [3.63, 3.8) is 0 Å². The standard InChI is InChI=1S/C9H11N3O4/c1-9(2)5(6(9)8(13)14)4-3-10-11-7(4)12(15)16/h3,5-6H,1-2H3,(H,10,11)(H,13,14)/t5-,6+/m1/s1. The highest BCUT2D eigenvalue weighted by atomic mass is 16.6. The molecule has 1 heterocycles. The minimum absolute atomic E-state index is 0.207. The lowest BCUT2D eigenvalue weighted by Gasteiger charge is -1.99. The van der Waals surface area contributed by atoms with Crippen LogP contribution >= 0.6 is 0 Å². The van der Waals surface area contributed by atoms with Crippen molar-refractivity contribution in [3.05, 3.63) is 21.9 Å². The molecular formula is C9H11N3O4. The highest BCUT2D eigenvalue weighted by Crippen LogP contribution is 2.65. The summed E-state index contributed by atoms with van der Waals surface area (Å²) in [7, 11) is 0. The van der Waals surface area contributed by atoms with Gasteiger partial charge < -0.3 is 15.2 Å². The Morgan fingerprint density at radius 2 is 2.31 bits per heavy atom. The summed E-state index contributed by atoms with van der Waals surface area (Å²) in [5, 5.41) is 25.6. The molecule has 0 unspecified atom stereocenters. The summed E-state index contributed by atoms with van der Waals surface area (Å²) in [4.78, 5) is 21.1. The number of H-pyrrole nitrogens is 1. The van der Waals surface area contributed by atoms with Crippen LogP contribution in [-0.2, 0) is 4.79 Å². The normalized spacial score (nSPS) is 26.4. The van der Waals surface area contributed by atoms with Crippen LogP contribution in [0.3, 0.4) is 0 Å². The molecule has 2 atom stereocenters. The molecule has 0 amide bonds. The minimum Gasteiger partial charge on any atom is -0.481 e. The maximum Gasteiger partial charge on any atom is 0.346 e. The van der Waals surface area contributed by atoms with Crippen LogP contribution in [0.1, 0.15) is 25.3 Å².